The van der Waals surface area contributed by atoms with Crippen LogP contribution in [0.3, 0.4) is 0 Å². The lowest BCUT2D eigenvalue weighted by Gasteiger charge is -2.07. The van der Waals surface area contributed by atoms with Crippen LogP contribution in [0.25, 0.3) is 0 Å². The van der Waals surface area contributed by atoms with Crippen LogP contribution in [0.4, 0.5) is 4.39 Å². The van der Waals surface area contributed by atoms with Crippen LogP contribution < -0.4 is 4.74 Å². The van der Waals surface area contributed by atoms with Crippen LogP contribution in [0, 0.1) is 5.82 Å². The molecule has 0 aliphatic carbocycles. The van der Waals surface area contributed by atoms with Crippen molar-refractivity contribution in [2.24, 2.45) is 0 Å². The second kappa shape index (κ2) is 7.60. The number of carbonyl (C=O) groups excluding carboxylic acids is 1. The zero-order valence-corrected chi connectivity index (χ0v) is 9.82. The zero-order valence-electron chi connectivity index (χ0n) is 9.82. The van der Waals surface area contributed by atoms with Crippen molar-refractivity contribution in [1.82, 2.24) is 0 Å². The summed E-state index contributed by atoms with van der Waals surface area (Å²) in [7, 11) is 0. The van der Waals surface area contributed by atoms with E-state index in [2.05, 4.69) is 6.58 Å². The molecule has 0 fully saturated rings. The SMILES string of the molecule is C=CCCCCCOc1ccc(F)cc1C=O. The van der Waals surface area contributed by atoms with Crippen LogP contribution >= 0.6 is 0 Å². The Bertz CT molecular complexity index is 374. The molecule has 0 aliphatic heterocycles. The van der Waals surface area contributed by atoms with Crippen molar-refractivity contribution in [3.05, 3.63) is 42.2 Å². The third-order valence-electron chi connectivity index (χ3n) is 2.41. The van der Waals surface area contributed by atoms with E-state index >= 15 is 0 Å². The van der Waals surface area contributed by atoms with Crippen molar-refractivity contribution in [3.8, 4) is 5.75 Å². The number of hydrogen-bond acceptors (Lipinski definition) is 2. The molecule has 92 valence electrons. The largest absolute Gasteiger partial charge is 0.493 e. The van der Waals surface area contributed by atoms with Crippen LogP contribution in [0.5, 0.6) is 5.75 Å². The number of carbonyl (C=O) groups is 1. The maximum Gasteiger partial charge on any atom is 0.153 e. The molecule has 0 atom stereocenters. The van der Waals surface area contributed by atoms with Gasteiger partial charge in [-0.05, 0) is 43.9 Å². The molecule has 17 heavy (non-hydrogen) atoms. The van der Waals surface area contributed by atoms with Gasteiger partial charge in [0.05, 0.1) is 12.2 Å². The highest BCUT2D eigenvalue weighted by molar-refractivity contribution is 5.79. The summed E-state index contributed by atoms with van der Waals surface area (Å²) in [5, 5.41) is 0. The van der Waals surface area contributed by atoms with Gasteiger partial charge in [0.25, 0.3) is 0 Å². The molecule has 1 aromatic carbocycles. The van der Waals surface area contributed by atoms with E-state index in [4.69, 9.17) is 4.74 Å². The van der Waals surface area contributed by atoms with Crippen LogP contribution in [0.1, 0.15) is 36.0 Å². The van der Waals surface area contributed by atoms with Crippen LogP contribution in [0.2, 0.25) is 0 Å². The standard InChI is InChI=1S/C14H17FO2/c1-2-3-4-5-6-9-17-14-8-7-13(15)10-12(14)11-16/h2,7-8,10-11H,1,3-6,9H2. The second-order valence-corrected chi connectivity index (χ2v) is 3.79. The Kier molecular flexibility index (Phi) is 6.00. The van der Waals surface area contributed by atoms with Gasteiger partial charge in [-0.25, -0.2) is 4.39 Å². The summed E-state index contributed by atoms with van der Waals surface area (Å²) in [5.74, 6) is 0.0237. The van der Waals surface area contributed by atoms with Gasteiger partial charge in [0.1, 0.15) is 11.6 Å². The fourth-order valence-electron chi connectivity index (χ4n) is 1.49. The first-order chi connectivity index (χ1) is 8.27. The number of allylic oxidation sites excluding steroid dienone is 1. The Morgan fingerprint density at radius 1 is 1.29 bits per heavy atom. The predicted octanol–water partition coefficient (Wildman–Crippen LogP) is 3.76. The molecule has 0 bridgehead atoms. The summed E-state index contributed by atoms with van der Waals surface area (Å²) in [6, 6.07) is 3.96. The van der Waals surface area contributed by atoms with E-state index in [1.54, 1.807) is 0 Å². The van der Waals surface area contributed by atoms with E-state index in [1.807, 2.05) is 6.08 Å². The Morgan fingerprint density at radius 3 is 2.82 bits per heavy atom. The first kappa shape index (κ1) is 13.4. The van der Waals surface area contributed by atoms with Crippen molar-refractivity contribution in [2.75, 3.05) is 6.61 Å². The van der Waals surface area contributed by atoms with Crippen molar-refractivity contribution < 1.29 is 13.9 Å². The molecule has 0 saturated carbocycles. The van der Waals surface area contributed by atoms with Crippen LogP contribution in [0.15, 0.2) is 30.9 Å². The average molecular weight is 236 g/mol. The predicted molar refractivity (Wildman–Crippen MR) is 65.9 cm³/mol. The average Bonchev–Trinajstić information content (AvgIpc) is 2.35. The number of rotatable bonds is 8. The Morgan fingerprint density at radius 2 is 2.12 bits per heavy atom. The number of ether oxygens (including phenoxy) is 1. The van der Waals surface area contributed by atoms with E-state index in [1.165, 1.54) is 18.2 Å². The first-order valence-corrected chi connectivity index (χ1v) is 5.76. The second-order valence-electron chi connectivity index (χ2n) is 3.79. The van der Waals surface area contributed by atoms with Gasteiger partial charge in [-0.1, -0.05) is 6.08 Å². The lowest BCUT2D eigenvalue weighted by atomic mass is 10.2. The van der Waals surface area contributed by atoms with E-state index in [9.17, 15) is 9.18 Å². The molecule has 0 spiro atoms. The summed E-state index contributed by atoms with van der Waals surface area (Å²) >= 11 is 0. The molecule has 0 aromatic heterocycles. The van der Waals surface area contributed by atoms with Crippen molar-refractivity contribution in [1.29, 1.82) is 0 Å². The molecule has 3 heteroatoms. The molecule has 0 N–H and O–H groups in total. The molecule has 0 saturated heterocycles. The minimum atomic E-state index is -0.426. The maximum atomic E-state index is 12.8. The molecule has 0 radical (unpaired) electrons. The molecular weight excluding hydrogens is 219 g/mol. The summed E-state index contributed by atoms with van der Waals surface area (Å²) in [4.78, 5) is 10.7. The van der Waals surface area contributed by atoms with E-state index in [0.717, 1.165) is 25.7 Å². The van der Waals surface area contributed by atoms with Gasteiger partial charge in [0.2, 0.25) is 0 Å². The topological polar surface area (TPSA) is 26.3 Å². The van der Waals surface area contributed by atoms with Gasteiger partial charge < -0.3 is 4.74 Å². The fourth-order valence-corrected chi connectivity index (χ4v) is 1.49. The van der Waals surface area contributed by atoms with Gasteiger partial charge >= 0.3 is 0 Å². The van der Waals surface area contributed by atoms with Gasteiger partial charge in [-0.15, -0.1) is 6.58 Å². The molecule has 0 amide bonds. The molecule has 0 heterocycles. The van der Waals surface area contributed by atoms with Crippen LogP contribution in [-0.4, -0.2) is 12.9 Å². The monoisotopic (exact) mass is 236 g/mol. The lowest BCUT2D eigenvalue weighted by Crippen LogP contribution is -2.00. The maximum absolute atomic E-state index is 12.8. The van der Waals surface area contributed by atoms with Crippen molar-refractivity contribution in [2.45, 2.75) is 25.7 Å². The third-order valence-corrected chi connectivity index (χ3v) is 2.41. The Hall–Kier alpha value is -1.64. The van der Waals surface area contributed by atoms with Crippen molar-refractivity contribution >= 4 is 6.29 Å². The molecule has 1 aromatic rings. The molecule has 2 nitrogen and oxygen atoms in total. The lowest BCUT2D eigenvalue weighted by molar-refractivity contribution is 0.111. The summed E-state index contributed by atoms with van der Waals surface area (Å²) in [6.07, 6.45) is 6.58. The quantitative estimate of drug-likeness (QED) is 0.390. The highest BCUT2D eigenvalue weighted by Crippen LogP contribution is 2.18. The van der Waals surface area contributed by atoms with Gasteiger partial charge in [0, 0.05) is 0 Å². The molecule has 0 aliphatic rings. The van der Waals surface area contributed by atoms with Crippen LogP contribution in [-0.2, 0) is 0 Å². The Balaban J connectivity index is 2.36. The number of unbranched alkanes of at least 4 members (excludes halogenated alkanes) is 3. The van der Waals surface area contributed by atoms with E-state index in [-0.39, 0.29) is 5.56 Å². The summed E-state index contributed by atoms with van der Waals surface area (Å²) in [6.45, 7) is 4.20. The Labute approximate surface area is 101 Å². The summed E-state index contributed by atoms with van der Waals surface area (Å²) in [5.41, 5.74) is 0.260. The first-order valence-electron chi connectivity index (χ1n) is 5.76. The smallest absolute Gasteiger partial charge is 0.153 e. The highest BCUT2D eigenvalue weighted by Gasteiger charge is 2.04. The number of aldehydes is 1. The van der Waals surface area contributed by atoms with Crippen molar-refractivity contribution in [3.63, 3.8) is 0 Å². The molecular formula is C14H17FO2. The summed E-state index contributed by atoms with van der Waals surface area (Å²) < 4.78 is 18.3. The van der Waals surface area contributed by atoms with E-state index in [0.29, 0.717) is 18.6 Å². The molecule has 0 unspecified atom stereocenters. The fraction of sp³-hybridized carbons (Fsp3) is 0.357. The number of benzene rings is 1. The van der Waals surface area contributed by atoms with E-state index < -0.39 is 5.82 Å². The molecule has 1 rings (SSSR count). The van der Waals surface area contributed by atoms with Gasteiger partial charge in [-0.2, -0.15) is 0 Å². The zero-order chi connectivity index (χ0) is 12.5. The third kappa shape index (κ3) is 4.81. The van der Waals surface area contributed by atoms with Gasteiger partial charge in [-0.3, -0.25) is 4.79 Å². The highest BCUT2D eigenvalue weighted by atomic mass is 19.1. The number of hydrogen-bond donors (Lipinski definition) is 0. The minimum absolute atomic E-state index is 0.260. The number of halogens is 1. The minimum Gasteiger partial charge on any atom is -0.493 e. The van der Waals surface area contributed by atoms with Gasteiger partial charge in [0.15, 0.2) is 6.29 Å². The normalized spacial score (nSPS) is 9.94.